The highest BCUT2D eigenvalue weighted by molar-refractivity contribution is 5.89. The van der Waals surface area contributed by atoms with E-state index in [1.807, 2.05) is 48.5 Å². The first kappa shape index (κ1) is 23.6. The molecule has 1 heterocycles. The van der Waals surface area contributed by atoms with Gasteiger partial charge in [0.1, 0.15) is 18.7 Å². The Morgan fingerprint density at radius 3 is 2.29 bits per heavy atom. The molecule has 0 fully saturated rings. The van der Waals surface area contributed by atoms with Gasteiger partial charge >= 0.3 is 12.1 Å². The van der Waals surface area contributed by atoms with Gasteiger partial charge in [-0.05, 0) is 22.3 Å². The summed E-state index contributed by atoms with van der Waals surface area (Å²) in [6.07, 6.45) is 7.23. The number of H-pyrrole nitrogens is 1. The number of carbonyl (C=O) groups is 3. The summed E-state index contributed by atoms with van der Waals surface area (Å²) in [4.78, 5) is 43.7. The number of imidazole rings is 1. The van der Waals surface area contributed by atoms with Crippen LogP contribution < -0.4 is 10.6 Å². The van der Waals surface area contributed by atoms with Gasteiger partial charge in [-0.25, -0.2) is 14.6 Å². The maximum Gasteiger partial charge on any atom is 0.407 e. The molecular weight excluding hydrogens is 448 g/mol. The third-order valence-electron chi connectivity index (χ3n) is 5.87. The van der Waals surface area contributed by atoms with E-state index < -0.39 is 30.1 Å². The van der Waals surface area contributed by atoms with E-state index in [4.69, 9.17) is 11.2 Å². The molecular formula is C26H24N4O5. The molecule has 2 unspecified atom stereocenters. The number of hydrogen-bond donors (Lipinski definition) is 4. The number of hydrogen-bond acceptors (Lipinski definition) is 5. The monoisotopic (exact) mass is 472 g/mol. The van der Waals surface area contributed by atoms with Gasteiger partial charge in [-0.3, -0.25) is 4.79 Å². The highest BCUT2D eigenvalue weighted by Crippen LogP contribution is 2.44. The average molecular weight is 473 g/mol. The van der Waals surface area contributed by atoms with Crippen LogP contribution in [-0.2, 0) is 20.7 Å². The van der Waals surface area contributed by atoms with Crippen molar-refractivity contribution < 1.29 is 24.2 Å². The van der Waals surface area contributed by atoms with E-state index in [0.29, 0.717) is 5.69 Å². The predicted molar refractivity (Wildman–Crippen MR) is 127 cm³/mol. The second kappa shape index (κ2) is 10.6. The topological polar surface area (TPSA) is 133 Å². The van der Waals surface area contributed by atoms with Crippen LogP contribution in [0.4, 0.5) is 4.79 Å². The molecule has 1 aromatic heterocycles. The fourth-order valence-corrected chi connectivity index (χ4v) is 4.20. The van der Waals surface area contributed by atoms with Gasteiger partial charge in [0.25, 0.3) is 0 Å². The number of ether oxygens (including phenoxy) is 1. The van der Waals surface area contributed by atoms with E-state index in [9.17, 15) is 19.5 Å². The Balaban J connectivity index is 1.45. The molecule has 0 saturated heterocycles. The second-order valence-corrected chi connectivity index (χ2v) is 8.11. The van der Waals surface area contributed by atoms with Crippen molar-refractivity contribution in [2.24, 2.45) is 0 Å². The number of nitrogens with zero attached hydrogens (tertiary/aromatic N) is 1. The highest BCUT2D eigenvalue weighted by Gasteiger charge is 2.31. The molecule has 35 heavy (non-hydrogen) atoms. The zero-order chi connectivity index (χ0) is 24.8. The van der Waals surface area contributed by atoms with Crippen molar-refractivity contribution in [3.05, 3.63) is 77.9 Å². The molecule has 3 aromatic rings. The summed E-state index contributed by atoms with van der Waals surface area (Å²) in [5.41, 5.74) is 4.90. The third kappa shape index (κ3) is 5.33. The van der Waals surface area contributed by atoms with E-state index in [1.165, 1.54) is 12.5 Å². The minimum atomic E-state index is -1.28. The molecule has 1 aliphatic rings. The summed E-state index contributed by atoms with van der Waals surface area (Å²) in [6.45, 7) is 0.0765. The van der Waals surface area contributed by atoms with Crippen molar-refractivity contribution in [1.29, 1.82) is 0 Å². The largest absolute Gasteiger partial charge is 0.480 e. The predicted octanol–water partition coefficient (Wildman–Crippen LogP) is 2.45. The smallest absolute Gasteiger partial charge is 0.407 e. The van der Waals surface area contributed by atoms with Crippen molar-refractivity contribution in [3.63, 3.8) is 0 Å². The maximum atomic E-state index is 12.8. The third-order valence-corrected chi connectivity index (χ3v) is 5.87. The van der Waals surface area contributed by atoms with E-state index in [1.54, 1.807) is 0 Å². The van der Waals surface area contributed by atoms with Crippen LogP contribution in [0.15, 0.2) is 61.1 Å². The minimum absolute atomic E-state index is 0.0540. The lowest BCUT2D eigenvalue weighted by Crippen LogP contribution is -2.52. The van der Waals surface area contributed by atoms with Crippen LogP contribution in [-0.4, -0.2) is 51.7 Å². The van der Waals surface area contributed by atoms with Gasteiger partial charge in [-0.1, -0.05) is 48.5 Å². The molecule has 9 nitrogen and oxygen atoms in total. The Bertz CT molecular complexity index is 1220. The molecule has 2 aromatic carbocycles. The van der Waals surface area contributed by atoms with Gasteiger partial charge in [0.2, 0.25) is 5.91 Å². The number of nitrogens with one attached hydrogen (secondary N) is 3. The molecule has 2 amide bonds. The van der Waals surface area contributed by atoms with Crippen LogP contribution in [0.3, 0.4) is 0 Å². The second-order valence-electron chi connectivity index (χ2n) is 8.11. The molecule has 0 aliphatic heterocycles. The van der Waals surface area contributed by atoms with Gasteiger partial charge in [-0.15, -0.1) is 12.3 Å². The molecule has 0 saturated carbocycles. The van der Waals surface area contributed by atoms with Crippen molar-refractivity contribution in [2.75, 3.05) is 6.61 Å². The summed E-state index contributed by atoms with van der Waals surface area (Å²) < 4.78 is 5.53. The lowest BCUT2D eigenvalue weighted by atomic mass is 9.98. The zero-order valence-electron chi connectivity index (χ0n) is 18.7. The van der Waals surface area contributed by atoms with E-state index in [2.05, 4.69) is 26.5 Å². The van der Waals surface area contributed by atoms with E-state index >= 15 is 0 Å². The van der Waals surface area contributed by atoms with Crippen molar-refractivity contribution in [1.82, 2.24) is 20.6 Å². The normalized spacial score (nSPS) is 13.6. The number of carbonyl (C=O) groups excluding carboxylic acids is 2. The van der Waals surface area contributed by atoms with Crippen molar-refractivity contribution in [3.8, 4) is 23.5 Å². The number of aromatic amines is 1. The number of aromatic nitrogens is 2. The molecule has 4 N–H and O–H groups in total. The number of alkyl carbamates (subject to hydrolysis) is 1. The maximum absolute atomic E-state index is 12.8. The Kier molecular flexibility index (Phi) is 7.12. The van der Waals surface area contributed by atoms with E-state index in [0.717, 1.165) is 22.3 Å². The summed E-state index contributed by atoms with van der Waals surface area (Å²) in [5.74, 6) is 0.121. The van der Waals surface area contributed by atoms with Crippen LogP contribution in [0.1, 0.15) is 29.2 Å². The number of rotatable bonds is 9. The Morgan fingerprint density at radius 2 is 1.71 bits per heavy atom. The fraction of sp³-hybridized carbons (Fsp3) is 0.231. The molecule has 0 spiro atoms. The van der Waals surface area contributed by atoms with Gasteiger partial charge < -0.3 is 25.5 Å². The molecule has 178 valence electrons. The number of aliphatic carboxylic acids is 1. The van der Waals surface area contributed by atoms with Crippen LogP contribution in [0, 0.1) is 12.3 Å². The number of amides is 2. The molecule has 0 bridgehead atoms. The number of benzene rings is 2. The molecule has 2 atom stereocenters. The van der Waals surface area contributed by atoms with Gasteiger partial charge in [-0.2, -0.15) is 0 Å². The zero-order valence-corrected chi connectivity index (χ0v) is 18.7. The lowest BCUT2D eigenvalue weighted by molar-refractivity contribution is -0.141. The molecule has 9 heteroatoms. The summed E-state index contributed by atoms with van der Waals surface area (Å²) in [6, 6.07) is 13.5. The minimum Gasteiger partial charge on any atom is -0.480 e. The standard InChI is InChI=1S/C26H24N4O5/c1-2-7-22(25(32)33)29-24(31)23(12-16-13-27-15-28-16)30-26(34)35-14-21-19-10-5-3-8-17(19)18-9-4-6-11-20(18)21/h1,3-6,8-11,13,15,21-23H,7,12,14H2,(H,27,28)(H,29,31)(H,30,34)(H,32,33). The first-order valence-corrected chi connectivity index (χ1v) is 11.0. The first-order chi connectivity index (χ1) is 17.0. The average Bonchev–Trinajstić information content (AvgIpc) is 3.48. The number of fused-ring (bicyclic) bond motifs is 3. The van der Waals surface area contributed by atoms with Gasteiger partial charge in [0, 0.05) is 30.7 Å². The SMILES string of the molecule is C#CCC(NC(=O)C(Cc1cnc[nH]1)NC(=O)OCC1c2ccccc2-c2ccccc21)C(=O)O. The molecule has 0 radical (unpaired) electrons. The summed E-state index contributed by atoms with van der Waals surface area (Å²) in [5, 5.41) is 14.2. The van der Waals surface area contributed by atoms with E-state index in [-0.39, 0.29) is 25.4 Å². The van der Waals surface area contributed by atoms with Gasteiger partial charge in [0.05, 0.1) is 6.33 Å². The summed E-state index contributed by atoms with van der Waals surface area (Å²) in [7, 11) is 0. The Labute approximate surface area is 201 Å². The van der Waals surface area contributed by atoms with Gasteiger partial charge in [0.15, 0.2) is 0 Å². The van der Waals surface area contributed by atoms with Crippen LogP contribution in [0.2, 0.25) is 0 Å². The van der Waals surface area contributed by atoms with Crippen molar-refractivity contribution in [2.45, 2.75) is 30.8 Å². The quantitative estimate of drug-likeness (QED) is 0.354. The highest BCUT2D eigenvalue weighted by atomic mass is 16.5. The summed E-state index contributed by atoms with van der Waals surface area (Å²) >= 11 is 0. The number of terminal acetylenes is 1. The Morgan fingerprint density at radius 1 is 1.06 bits per heavy atom. The van der Waals surface area contributed by atoms with Crippen molar-refractivity contribution >= 4 is 18.0 Å². The van der Waals surface area contributed by atoms with Crippen LogP contribution in [0.25, 0.3) is 11.1 Å². The number of carboxylic acids is 1. The molecule has 1 aliphatic carbocycles. The number of carboxylic acid groups (broad SMARTS) is 1. The fourth-order valence-electron chi connectivity index (χ4n) is 4.20. The molecule has 4 rings (SSSR count). The van der Waals surface area contributed by atoms with Crippen LogP contribution in [0.5, 0.6) is 0 Å². The Hall–Kier alpha value is -4.58. The lowest BCUT2D eigenvalue weighted by Gasteiger charge is -2.21. The van der Waals surface area contributed by atoms with Crippen LogP contribution >= 0.6 is 0 Å². The first-order valence-electron chi connectivity index (χ1n) is 11.0.